The Bertz CT molecular complexity index is 1250. The first-order valence-corrected chi connectivity index (χ1v) is 10.8. The maximum Gasteiger partial charge on any atom is 0.416 e. The number of rotatable bonds is 6. The summed E-state index contributed by atoms with van der Waals surface area (Å²) in [5, 5.41) is 10.7. The van der Waals surface area contributed by atoms with E-state index in [4.69, 9.17) is 16.3 Å². The van der Waals surface area contributed by atoms with E-state index in [0.717, 1.165) is 22.3 Å². The highest BCUT2D eigenvalue weighted by molar-refractivity contribution is 6.30. The molecule has 0 bridgehead atoms. The van der Waals surface area contributed by atoms with Gasteiger partial charge in [0.15, 0.2) is 0 Å². The van der Waals surface area contributed by atoms with Crippen LogP contribution in [-0.2, 0) is 22.1 Å². The lowest BCUT2D eigenvalue weighted by Crippen LogP contribution is -2.43. The van der Waals surface area contributed by atoms with Crippen LogP contribution in [0.1, 0.15) is 28.2 Å². The monoisotopic (exact) mass is 507 g/mol. The molecule has 0 heterocycles. The van der Waals surface area contributed by atoms with Gasteiger partial charge in [-0.05, 0) is 39.9 Å². The largest absolute Gasteiger partial charge is 0.480 e. The lowest BCUT2D eigenvalue weighted by atomic mass is 9.98. The quantitative estimate of drug-likeness (QED) is 0.399. The van der Waals surface area contributed by atoms with Crippen LogP contribution in [0.5, 0.6) is 0 Å². The van der Waals surface area contributed by atoms with Crippen molar-refractivity contribution in [3.63, 3.8) is 0 Å². The van der Waals surface area contributed by atoms with Crippen LogP contribution in [-0.4, -0.2) is 29.8 Å². The maximum atomic E-state index is 14.3. The number of carbonyl (C=O) groups is 2. The number of hydrogen-bond acceptors (Lipinski definition) is 3. The van der Waals surface area contributed by atoms with Crippen molar-refractivity contribution in [3.05, 3.63) is 93.8 Å². The van der Waals surface area contributed by atoms with Crippen molar-refractivity contribution >= 4 is 23.7 Å². The molecule has 1 unspecified atom stereocenters. The molecule has 0 aliphatic heterocycles. The minimum Gasteiger partial charge on any atom is -0.480 e. The molecule has 182 valence electrons. The van der Waals surface area contributed by atoms with Gasteiger partial charge in [0.1, 0.15) is 18.5 Å². The molecule has 2 N–H and O–H groups in total. The molecule has 0 fully saturated rings. The average molecular weight is 508 g/mol. The van der Waals surface area contributed by atoms with Crippen molar-refractivity contribution in [1.82, 2.24) is 5.32 Å². The highest BCUT2D eigenvalue weighted by Crippen LogP contribution is 2.44. The van der Waals surface area contributed by atoms with Crippen molar-refractivity contribution < 1.29 is 37.0 Å². The Morgan fingerprint density at radius 1 is 1.03 bits per heavy atom. The molecule has 1 amide bonds. The number of carboxylic acids is 1. The first-order valence-electron chi connectivity index (χ1n) is 10.5. The first kappa shape index (κ1) is 24.5. The van der Waals surface area contributed by atoms with Gasteiger partial charge in [-0.25, -0.2) is 14.0 Å². The van der Waals surface area contributed by atoms with Gasteiger partial charge >= 0.3 is 18.2 Å². The Hall–Kier alpha value is -3.59. The van der Waals surface area contributed by atoms with E-state index in [1.807, 2.05) is 48.5 Å². The van der Waals surface area contributed by atoms with Crippen LogP contribution in [0.4, 0.5) is 22.4 Å². The maximum absolute atomic E-state index is 14.3. The number of carboxylic acid groups (broad SMARTS) is 1. The van der Waals surface area contributed by atoms with Crippen molar-refractivity contribution in [1.29, 1.82) is 0 Å². The fourth-order valence-electron chi connectivity index (χ4n) is 4.16. The minimum atomic E-state index is -4.81. The molecule has 0 radical (unpaired) electrons. The molecule has 3 aromatic carbocycles. The third kappa shape index (κ3) is 5.09. The van der Waals surface area contributed by atoms with E-state index in [1.165, 1.54) is 0 Å². The fourth-order valence-corrected chi connectivity index (χ4v) is 4.40. The van der Waals surface area contributed by atoms with Crippen LogP contribution in [0.15, 0.2) is 60.7 Å². The number of amides is 1. The van der Waals surface area contributed by atoms with Crippen LogP contribution in [0, 0.1) is 5.82 Å². The van der Waals surface area contributed by atoms with Gasteiger partial charge in [-0.2, -0.15) is 13.2 Å². The van der Waals surface area contributed by atoms with E-state index in [9.17, 15) is 32.3 Å². The smallest absolute Gasteiger partial charge is 0.416 e. The zero-order valence-electron chi connectivity index (χ0n) is 17.9. The van der Waals surface area contributed by atoms with Gasteiger partial charge in [-0.15, -0.1) is 0 Å². The summed E-state index contributed by atoms with van der Waals surface area (Å²) in [5.74, 6) is -3.05. The summed E-state index contributed by atoms with van der Waals surface area (Å²) in [6.07, 6.45) is -6.68. The molecule has 0 saturated carbocycles. The highest BCUT2D eigenvalue weighted by Gasteiger charge is 2.34. The molecule has 5 nitrogen and oxygen atoms in total. The molecule has 3 aromatic rings. The first-order chi connectivity index (χ1) is 16.6. The molecule has 35 heavy (non-hydrogen) atoms. The lowest BCUT2D eigenvalue weighted by molar-refractivity contribution is -0.139. The van der Waals surface area contributed by atoms with Crippen molar-refractivity contribution in [2.24, 2.45) is 0 Å². The molecular weight excluding hydrogens is 490 g/mol. The second kappa shape index (κ2) is 9.58. The molecule has 0 saturated heterocycles. The Kier molecular flexibility index (Phi) is 6.71. The third-order valence-electron chi connectivity index (χ3n) is 5.79. The van der Waals surface area contributed by atoms with Crippen molar-refractivity contribution in [2.75, 3.05) is 6.61 Å². The molecule has 1 aliphatic carbocycles. The number of fused-ring (bicyclic) bond motifs is 3. The Morgan fingerprint density at radius 2 is 1.60 bits per heavy atom. The zero-order valence-corrected chi connectivity index (χ0v) is 18.7. The second-order valence-corrected chi connectivity index (χ2v) is 8.40. The number of aliphatic carboxylic acids is 1. The Balaban J connectivity index is 1.48. The van der Waals surface area contributed by atoms with E-state index in [2.05, 4.69) is 5.32 Å². The van der Waals surface area contributed by atoms with Gasteiger partial charge in [0, 0.05) is 12.3 Å². The van der Waals surface area contributed by atoms with E-state index in [-0.39, 0.29) is 12.5 Å². The summed E-state index contributed by atoms with van der Waals surface area (Å²) in [6.45, 7) is -0.101. The second-order valence-electron chi connectivity index (χ2n) is 7.99. The minimum absolute atomic E-state index is 0.101. The van der Waals surface area contributed by atoms with E-state index >= 15 is 0 Å². The van der Waals surface area contributed by atoms with E-state index < -0.39 is 52.7 Å². The Labute approximate surface area is 202 Å². The standard InChI is InChI=1S/C25H18ClF4NO4/c26-20-11-14(25(28,29)30)9-13(22(20)27)10-21(23(32)33)31-24(34)35-12-19-17-7-3-1-5-15(17)16-6-2-4-8-18(16)19/h1-9,11,19,21H,10,12H2,(H,31,34)(H,32,33). The Morgan fingerprint density at radius 3 is 2.14 bits per heavy atom. The number of benzene rings is 3. The van der Waals surface area contributed by atoms with Crippen molar-refractivity contribution in [2.45, 2.75) is 24.6 Å². The molecule has 0 spiro atoms. The van der Waals surface area contributed by atoms with Gasteiger partial charge in [-0.3, -0.25) is 0 Å². The number of nitrogens with one attached hydrogen (secondary N) is 1. The number of carbonyl (C=O) groups excluding carboxylic acids is 1. The SMILES string of the molecule is O=C(NC(Cc1cc(C(F)(F)F)cc(Cl)c1F)C(=O)O)OCC1c2ccccc2-c2ccccc21. The third-order valence-corrected chi connectivity index (χ3v) is 6.06. The van der Waals surface area contributed by atoms with Gasteiger partial charge in [0.25, 0.3) is 0 Å². The molecule has 4 rings (SSSR count). The number of hydrogen-bond donors (Lipinski definition) is 2. The van der Waals surface area contributed by atoms with Crippen LogP contribution >= 0.6 is 11.6 Å². The highest BCUT2D eigenvalue weighted by atomic mass is 35.5. The predicted molar refractivity (Wildman–Crippen MR) is 120 cm³/mol. The molecular formula is C25H18ClF4NO4. The van der Waals surface area contributed by atoms with Gasteiger partial charge < -0.3 is 15.2 Å². The van der Waals surface area contributed by atoms with Gasteiger partial charge in [-0.1, -0.05) is 60.1 Å². The van der Waals surface area contributed by atoms with E-state index in [1.54, 1.807) is 0 Å². The molecule has 1 aliphatic rings. The lowest BCUT2D eigenvalue weighted by Gasteiger charge is -2.18. The average Bonchev–Trinajstić information content (AvgIpc) is 3.13. The number of alkyl carbamates (subject to hydrolysis) is 1. The normalized spacial score (nSPS) is 13.6. The summed E-state index contributed by atoms with van der Waals surface area (Å²) < 4.78 is 58.8. The van der Waals surface area contributed by atoms with Crippen molar-refractivity contribution in [3.8, 4) is 11.1 Å². The van der Waals surface area contributed by atoms with E-state index in [0.29, 0.717) is 12.1 Å². The number of ether oxygens (including phenoxy) is 1. The molecule has 0 aromatic heterocycles. The number of alkyl halides is 3. The van der Waals surface area contributed by atoms with Crippen LogP contribution in [0.25, 0.3) is 11.1 Å². The number of halogens is 5. The van der Waals surface area contributed by atoms with Gasteiger partial charge in [0.2, 0.25) is 0 Å². The van der Waals surface area contributed by atoms with Crippen LogP contribution in [0.3, 0.4) is 0 Å². The summed E-state index contributed by atoms with van der Waals surface area (Å²) >= 11 is 5.56. The van der Waals surface area contributed by atoms with Gasteiger partial charge in [0.05, 0.1) is 10.6 Å². The molecule has 1 atom stereocenters. The van der Waals surface area contributed by atoms with Crippen LogP contribution < -0.4 is 5.32 Å². The summed E-state index contributed by atoms with van der Waals surface area (Å²) in [4.78, 5) is 24.1. The zero-order chi connectivity index (χ0) is 25.3. The predicted octanol–water partition coefficient (Wildman–Crippen LogP) is 6.03. The summed E-state index contributed by atoms with van der Waals surface area (Å²) in [6, 6.07) is 14.3. The fraction of sp³-hybridized carbons (Fsp3) is 0.200. The van der Waals surface area contributed by atoms with Crippen LogP contribution in [0.2, 0.25) is 5.02 Å². The summed E-state index contributed by atoms with van der Waals surface area (Å²) in [5.41, 5.74) is 2.05. The molecule has 10 heteroatoms. The topological polar surface area (TPSA) is 75.6 Å². The summed E-state index contributed by atoms with van der Waals surface area (Å²) in [7, 11) is 0.